The number of carbonyl (C=O) groups excluding carboxylic acids is 2. The molecule has 4 unspecified atom stereocenters. The fourth-order valence-electron chi connectivity index (χ4n) is 15.6. The van der Waals surface area contributed by atoms with Crippen molar-refractivity contribution in [2.24, 2.45) is 0 Å². The van der Waals surface area contributed by atoms with Gasteiger partial charge in [0.2, 0.25) is 0 Å². The minimum Gasteiger partial charge on any atom is -0.493 e. The maximum Gasteiger partial charge on any atom is 0.486 e. The van der Waals surface area contributed by atoms with Crippen molar-refractivity contribution in [1.82, 2.24) is 0 Å². The van der Waals surface area contributed by atoms with Gasteiger partial charge in [0.15, 0.2) is 24.4 Å². The molecule has 0 spiro atoms. The zero-order valence-electron chi connectivity index (χ0n) is 79.0. The number of esters is 2. The van der Waals surface area contributed by atoms with Crippen molar-refractivity contribution < 1.29 is 86.1 Å². The van der Waals surface area contributed by atoms with Crippen molar-refractivity contribution in [2.45, 2.75) is 302 Å². The zero-order chi connectivity index (χ0) is 92.7. The van der Waals surface area contributed by atoms with E-state index in [2.05, 4.69) is 84.0 Å². The van der Waals surface area contributed by atoms with Crippen LogP contribution >= 0.6 is 56.9 Å². The summed E-state index contributed by atoms with van der Waals surface area (Å²) in [5.41, 5.74) is 13.5. The molecule has 0 bridgehead atoms. The van der Waals surface area contributed by atoms with Crippen LogP contribution in [0.25, 0.3) is 56.7 Å². The van der Waals surface area contributed by atoms with Crippen molar-refractivity contribution in [1.29, 1.82) is 0 Å². The van der Waals surface area contributed by atoms with Gasteiger partial charge in [-0.2, -0.15) is 0 Å². The number of hydrogen-bond acceptors (Lipinski definition) is 20. The Morgan fingerprint density at radius 1 is 0.444 bits per heavy atom. The molecule has 18 nitrogen and oxygen atoms in total. The summed E-state index contributed by atoms with van der Waals surface area (Å²) < 4.78 is 70.3. The highest BCUT2D eigenvalue weighted by Gasteiger charge is 2.50. The Kier molecular flexibility index (Phi) is 35.7. The second-order valence-corrected chi connectivity index (χ2v) is 42.5. The van der Waals surface area contributed by atoms with Crippen molar-refractivity contribution in [3.8, 4) is 67.5 Å². The van der Waals surface area contributed by atoms with Crippen LogP contribution < -0.4 is 18.9 Å². The maximum atomic E-state index is 13.0. The monoisotopic (exact) mass is 1820 g/mol. The fourth-order valence-corrected chi connectivity index (χ4v) is 20.8. The van der Waals surface area contributed by atoms with Gasteiger partial charge >= 0.3 is 31.0 Å². The number of carboxylic acids is 2. The first-order valence-corrected chi connectivity index (χ1v) is 47.9. The van der Waals surface area contributed by atoms with E-state index in [4.69, 9.17) is 68.3 Å². The number of hydrogen-bond donors (Lipinski definition) is 2. The van der Waals surface area contributed by atoms with Gasteiger partial charge in [0.05, 0.1) is 73.2 Å². The molecular weight excluding hydrogens is 1690 g/mol. The molecule has 5 aliphatic rings. The molecule has 13 rings (SSSR count). The molecule has 126 heavy (non-hydrogen) atoms. The lowest BCUT2D eigenvalue weighted by atomic mass is 9.90. The quantitative estimate of drug-likeness (QED) is 0.0449. The molecule has 0 radical (unpaired) electrons. The summed E-state index contributed by atoms with van der Waals surface area (Å²) in [6.45, 7) is 54.6. The molecule has 9 heterocycles. The number of rotatable bonds is 23. The molecule has 1 saturated heterocycles. The van der Waals surface area contributed by atoms with Gasteiger partial charge in [-0.25, -0.2) is 19.2 Å². The lowest BCUT2D eigenvalue weighted by Gasteiger charge is -2.32. The average molecular weight is 1820 g/mol. The zero-order valence-corrected chi connectivity index (χ0v) is 83.1. The first kappa shape index (κ1) is 102. The van der Waals surface area contributed by atoms with E-state index in [1.807, 2.05) is 198 Å². The summed E-state index contributed by atoms with van der Waals surface area (Å²) >= 11 is 13.1. The van der Waals surface area contributed by atoms with E-state index < -0.39 is 64.7 Å². The van der Waals surface area contributed by atoms with Crippen LogP contribution in [-0.4, -0.2) is 114 Å². The van der Waals surface area contributed by atoms with E-state index in [1.54, 1.807) is 40.9 Å². The third-order valence-electron chi connectivity index (χ3n) is 21.5. The Labute approximate surface area is 770 Å². The molecule has 5 aliphatic heterocycles. The number of ether oxygens (including phenoxy) is 10. The van der Waals surface area contributed by atoms with E-state index in [0.29, 0.717) is 17.6 Å². The van der Waals surface area contributed by atoms with Crippen LogP contribution in [0, 0.1) is 27.7 Å². The number of allylic oxidation sites excluding steroid dienone is 3. The highest BCUT2D eigenvalue weighted by atomic mass is 35.5. The van der Waals surface area contributed by atoms with Gasteiger partial charge in [-0.3, -0.25) is 0 Å². The number of carboxylic acid groups (broad SMARTS) is 2. The van der Waals surface area contributed by atoms with Gasteiger partial charge in [0.1, 0.15) is 27.3 Å². The van der Waals surface area contributed by atoms with Crippen LogP contribution in [-0.2, 0) is 89.0 Å². The Bertz CT molecular complexity index is 5160. The molecule has 684 valence electrons. The summed E-state index contributed by atoms with van der Waals surface area (Å²) in [4.78, 5) is 57.5. The van der Waals surface area contributed by atoms with Crippen LogP contribution in [0.15, 0.2) is 97.0 Å². The van der Waals surface area contributed by atoms with E-state index in [-0.39, 0.29) is 24.3 Å². The van der Waals surface area contributed by atoms with E-state index >= 15 is 0 Å². The number of aryl methyl sites for hydroxylation is 9. The third kappa shape index (κ3) is 26.5. The minimum atomic E-state index is -1.02. The predicted octanol–water partition coefficient (Wildman–Crippen LogP) is 26.8. The lowest BCUT2D eigenvalue weighted by Crippen LogP contribution is -2.41. The molecule has 4 aromatic heterocycles. The van der Waals surface area contributed by atoms with Crippen LogP contribution in [0.4, 0.5) is 0 Å². The smallest absolute Gasteiger partial charge is 0.486 e. The van der Waals surface area contributed by atoms with Gasteiger partial charge in [-0.1, -0.05) is 73.4 Å². The number of fused-ring (bicyclic) bond motifs is 4. The number of carbonyl (C=O) groups is 4. The Morgan fingerprint density at radius 2 is 0.746 bits per heavy atom. The number of thiophene rings is 4. The lowest BCUT2D eigenvalue weighted by molar-refractivity contribution is -0.167. The Morgan fingerprint density at radius 3 is 1.06 bits per heavy atom. The van der Waals surface area contributed by atoms with Crippen molar-refractivity contribution in [3.63, 3.8) is 0 Å². The van der Waals surface area contributed by atoms with Crippen molar-refractivity contribution in [3.05, 3.63) is 180 Å². The minimum absolute atomic E-state index is 0.181. The van der Waals surface area contributed by atoms with Crippen molar-refractivity contribution in [2.75, 3.05) is 39.6 Å². The molecule has 2 N–H and O–H groups in total. The van der Waals surface area contributed by atoms with E-state index in [9.17, 15) is 29.4 Å². The molecule has 0 aliphatic carbocycles. The predicted molar refractivity (Wildman–Crippen MR) is 515 cm³/mol. The molecule has 1 fully saturated rings. The SMILES string of the molecule is C/C=C/B1OC(C)(C)C(C)(C)O1.C/C=C/c1sc(C)c(C(OC(C)(C)C)C(=O)O)c1-c1ccc2c(c1)CCCO2.C/C=C/c1sc(C)c(C(OC(C)(C)C)C(=O)OCC)c1-c1ccc2c(c1)CCCO2.CCCc1sc(C)c(C(OC(C)(C)C)C(=O)O)c1-c1ccc2c(c1)CCCO2.CCOC(=O)C(OC(C)(C)C)c1c(C)sc(Cl)c1-c1ccc2c(c1)CCCO2. The number of benzene rings is 4. The highest BCUT2D eigenvalue weighted by Crippen LogP contribution is 2.51. The summed E-state index contributed by atoms with van der Waals surface area (Å²) in [5, 5.41) is 19.9. The molecule has 0 amide bonds. The second-order valence-electron chi connectivity index (χ2n) is 36.8. The van der Waals surface area contributed by atoms with Gasteiger partial charge in [-0.05, 0) is 336 Å². The first-order chi connectivity index (χ1) is 59.3. The fraction of sp³-hybridized carbons (Fsp3) is 0.510. The van der Waals surface area contributed by atoms with Crippen molar-refractivity contribution >= 4 is 100 Å². The van der Waals surface area contributed by atoms with Gasteiger partial charge in [0, 0.05) is 78.6 Å². The number of halogens is 1. The topological polar surface area (TPSA) is 219 Å². The van der Waals surface area contributed by atoms with Gasteiger partial charge < -0.3 is 66.9 Å². The molecular formula is C102H134BClO18S4. The van der Waals surface area contributed by atoms with Crippen LogP contribution in [0.1, 0.15) is 287 Å². The molecule has 4 atom stereocenters. The normalized spacial score (nSPS) is 16.2. The molecule has 4 aromatic carbocycles. The van der Waals surface area contributed by atoms with Crippen LogP contribution in [0.2, 0.25) is 4.34 Å². The summed E-state index contributed by atoms with van der Waals surface area (Å²) in [6.07, 6.45) is 16.4. The Balaban J connectivity index is 0.000000182. The largest absolute Gasteiger partial charge is 0.493 e. The van der Waals surface area contributed by atoms with Crippen LogP contribution in [0.5, 0.6) is 23.0 Å². The van der Waals surface area contributed by atoms with E-state index in [0.717, 1.165) is 210 Å². The second kappa shape index (κ2) is 44.1. The first-order valence-electron chi connectivity index (χ1n) is 44.2. The van der Waals surface area contributed by atoms with Crippen LogP contribution in [0.3, 0.4) is 0 Å². The third-order valence-corrected chi connectivity index (χ3v) is 26.2. The van der Waals surface area contributed by atoms with E-state index in [1.165, 1.54) is 38.5 Å². The standard InChI is InChI=1S/C25H32O4S.C23H30O4S.C23H28O4S.C22H27ClO4S.C9H17BO2/c1-7-10-20-22(18-12-13-19-17(15-18)11-9-14-28-19)21(16(3)30-20)23(24(26)27-8-2)29-25(4,5)6;2*1-6-8-18-20(16-10-11-17-15(13-16)9-7-12-26-17)19(14(2)28-18)21(22(24)25)27-23(3,4)5;1-6-25-21(24)19(27-22(3,4)5)17-13(2)28-20(23)18(17)15-9-10-16-14(12-15)8-7-11-26-16;1-6-7-10-11-8(2,3)9(4,5)12-10/h7,10,12-13,15,23H,8-9,11,14H2,1-6H3;10-11,13,21H,6-9,12H2,1-5H3,(H,24,25);6,8,10-11,13,21H,7,9,12H2,1-5H3,(H,24,25);9-10,12,19H,6-8,11H2,1-5H3;6-7H,1-5H3/b10-7+;;8-6+;;7-6+. The molecule has 8 aromatic rings. The van der Waals surface area contributed by atoms with Gasteiger partial charge in [0.25, 0.3) is 0 Å². The average Bonchev–Trinajstić information content (AvgIpc) is 1.62. The Hall–Kier alpha value is -7.91. The number of aliphatic carboxylic acids is 2. The summed E-state index contributed by atoms with van der Waals surface area (Å²) in [5.74, 6) is 3.04. The summed E-state index contributed by atoms with van der Waals surface area (Å²) in [7, 11) is -0.181. The molecule has 24 heteroatoms. The van der Waals surface area contributed by atoms with Gasteiger partial charge in [-0.15, -0.1) is 45.3 Å². The summed E-state index contributed by atoms with van der Waals surface area (Å²) in [6, 6.07) is 24.9. The highest BCUT2D eigenvalue weighted by molar-refractivity contribution is 7.17. The molecule has 0 saturated carbocycles. The maximum absolute atomic E-state index is 13.0.